The van der Waals surface area contributed by atoms with Gasteiger partial charge in [-0.25, -0.2) is 0 Å². The van der Waals surface area contributed by atoms with Crippen LogP contribution >= 0.6 is 0 Å². The maximum atomic E-state index is 3.94. The zero-order valence-corrected chi connectivity index (χ0v) is 5.64. The second kappa shape index (κ2) is 1.76. The molecule has 1 atom stereocenters. The van der Waals surface area contributed by atoms with E-state index in [4.69, 9.17) is 0 Å². The number of hydrogen-bond acceptors (Lipinski definition) is 1. The molecule has 0 spiro atoms. The third-order valence-corrected chi connectivity index (χ3v) is 2.34. The van der Waals surface area contributed by atoms with Crippen LogP contribution in [0, 0.1) is 6.92 Å². The number of rotatable bonds is 0. The standard InChI is InChI=1S/C8H12N/c1-7-2-3-8-4-5-9(8)6-7/h6,8H,1-5H2. The second-order valence-electron chi connectivity index (χ2n) is 3.01. The van der Waals surface area contributed by atoms with Gasteiger partial charge in [0.15, 0.2) is 0 Å². The highest BCUT2D eigenvalue weighted by Gasteiger charge is 2.27. The minimum Gasteiger partial charge on any atom is -0.374 e. The molecule has 1 heteroatoms. The monoisotopic (exact) mass is 122 g/mol. The fourth-order valence-corrected chi connectivity index (χ4v) is 1.59. The Kier molecular flexibility index (Phi) is 1.04. The maximum absolute atomic E-state index is 3.94. The molecule has 1 radical (unpaired) electrons. The van der Waals surface area contributed by atoms with Gasteiger partial charge in [0.05, 0.1) is 0 Å². The summed E-state index contributed by atoms with van der Waals surface area (Å²) in [5.41, 5.74) is 1.31. The van der Waals surface area contributed by atoms with Crippen LogP contribution in [0.25, 0.3) is 0 Å². The molecule has 2 aliphatic rings. The lowest BCUT2D eigenvalue weighted by Gasteiger charge is -2.43. The topological polar surface area (TPSA) is 3.24 Å². The van der Waals surface area contributed by atoms with E-state index >= 15 is 0 Å². The van der Waals surface area contributed by atoms with E-state index in [0.29, 0.717) is 0 Å². The SMILES string of the molecule is [CH2]C1=CN2CCC2CC1. The summed E-state index contributed by atoms with van der Waals surface area (Å²) in [6, 6.07) is 0.885. The van der Waals surface area contributed by atoms with E-state index in [1.165, 1.54) is 31.4 Å². The molecule has 2 aliphatic heterocycles. The van der Waals surface area contributed by atoms with Gasteiger partial charge in [0, 0.05) is 12.6 Å². The van der Waals surface area contributed by atoms with E-state index in [2.05, 4.69) is 18.0 Å². The van der Waals surface area contributed by atoms with Crippen molar-refractivity contribution in [3.63, 3.8) is 0 Å². The van der Waals surface area contributed by atoms with Gasteiger partial charge in [0.2, 0.25) is 0 Å². The van der Waals surface area contributed by atoms with Crippen molar-refractivity contribution in [2.24, 2.45) is 0 Å². The van der Waals surface area contributed by atoms with Crippen molar-refractivity contribution < 1.29 is 0 Å². The summed E-state index contributed by atoms with van der Waals surface area (Å²) in [4.78, 5) is 2.41. The van der Waals surface area contributed by atoms with Crippen molar-refractivity contribution in [1.82, 2.24) is 4.90 Å². The van der Waals surface area contributed by atoms with Crippen LogP contribution in [0.3, 0.4) is 0 Å². The van der Waals surface area contributed by atoms with Crippen molar-refractivity contribution in [3.05, 3.63) is 18.7 Å². The normalized spacial score (nSPS) is 32.8. The lowest BCUT2D eigenvalue weighted by atomic mass is 9.92. The molecule has 0 N–H and O–H groups in total. The quantitative estimate of drug-likeness (QED) is 0.471. The molecule has 49 valence electrons. The van der Waals surface area contributed by atoms with Gasteiger partial charge in [-0.3, -0.25) is 0 Å². The molecule has 2 heterocycles. The van der Waals surface area contributed by atoms with Crippen LogP contribution in [-0.2, 0) is 0 Å². The predicted molar refractivity (Wildman–Crippen MR) is 37.8 cm³/mol. The Morgan fingerprint density at radius 2 is 2.44 bits per heavy atom. The first kappa shape index (κ1) is 5.33. The van der Waals surface area contributed by atoms with E-state index in [1.807, 2.05) is 0 Å². The molecule has 1 fully saturated rings. The molecule has 0 aromatic heterocycles. The largest absolute Gasteiger partial charge is 0.374 e. The Labute approximate surface area is 56.4 Å². The van der Waals surface area contributed by atoms with Crippen molar-refractivity contribution >= 4 is 0 Å². The molecular weight excluding hydrogens is 110 g/mol. The Bertz CT molecular complexity index is 149. The molecule has 1 nitrogen and oxygen atoms in total. The molecule has 0 aliphatic carbocycles. The summed E-state index contributed by atoms with van der Waals surface area (Å²) in [7, 11) is 0. The lowest BCUT2D eigenvalue weighted by molar-refractivity contribution is 0.134. The van der Waals surface area contributed by atoms with Gasteiger partial charge in [-0.05, 0) is 32.4 Å². The fraction of sp³-hybridized carbons (Fsp3) is 0.625. The van der Waals surface area contributed by atoms with Gasteiger partial charge >= 0.3 is 0 Å². The Morgan fingerprint density at radius 1 is 1.56 bits per heavy atom. The maximum Gasteiger partial charge on any atom is 0.0304 e. The summed E-state index contributed by atoms with van der Waals surface area (Å²) >= 11 is 0. The molecular formula is C8H12N. The number of nitrogens with zero attached hydrogens (tertiary/aromatic N) is 1. The average Bonchev–Trinajstić information content (AvgIpc) is 1.78. The van der Waals surface area contributed by atoms with E-state index in [-0.39, 0.29) is 0 Å². The van der Waals surface area contributed by atoms with Crippen molar-refractivity contribution in [2.75, 3.05) is 6.54 Å². The van der Waals surface area contributed by atoms with E-state index in [0.717, 1.165) is 6.04 Å². The van der Waals surface area contributed by atoms with Gasteiger partial charge < -0.3 is 4.90 Å². The fourth-order valence-electron chi connectivity index (χ4n) is 1.59. The van der Waals surface area contributed by atoms with Crippen LogP contribution in [0.1, 0.15) is 19.3 Å². The van der Waals surface area contributed by atoms with Crippen LogP contribution in [0.4, 0.5) is 0 Å². The molecule has 1 saturated heterocycles. The summed E-state index contributed by atoms with van der Waals surface area (Å²) in [5, 5.41) is 0. The molecule has 0 bridgehead atoms. The first-order valence-electron chi connectivity index (χ1n) is 3.64. The molecule has 0 amide bonds. The second-order valence-corrected chi connectivity index (χ2v) is 3.01. The van der Waals surface area contributed by atoms with Crippen LogP contribution in [0.15, 0.2) is 11.8 Å². The van der Waals surface area contributed by atoms with Gasteiger partial charge in [-0.15, -0.1) is 0 Å². The van der Waals surface area contributed by atoms with E-state index < -0.39 is 0 Å². The minimum atomic E-state index is 0.885. The van der Waals surface area contributed by atoms with E-state index in [1.54, 1.807) is 0 Å². The molecule has 2 rings (SSSR count). The number of fused-ring (bicyclic) bond motifs is 1. The molecule has 9 heavy (non-hydrogen) atoms. The van der Waals surface area contributed by atoms with Crippen LogP contribution < -0.4 is 0 Å². The molecule has 0 aromatic rings. The highest BCUT2D eigenvalue weighted by molar-refractivity contribution is 5.12. The Morgan fingerprint density at radius 3 is 2.89 bits per heavy atom. The van der Waals surface area contributed by atoms with Gasteiger partial charge in [0.25, 0.3) is 0 Å². The van der Waals surface area contributed by atoms with E-state index in [9.17, 15) is 0 Å². The summed E-state index contributed by atoms with van der Waals surface area (Å²) in [5.74, 6) is 0. The summed E-state index contributed by atoms with van der Waals surface area (Å²) in [6.07, 6.45) is 6.19. The smallest absolute Gasteiger partial charge is 0.0304 e. The third kappa shape index (κ3) is 0.752. The van der Waals surface area contributed by atoms with Gasteiger partial charge in [-0.1, -0.05) is 5.57 Å². The molecule has 0 saturated carbocycles. The number of hydrogen-bond donors (Lipinski definition) is 0. The van der Waals surface area contributed by atoms with Crippen LogP contribution in [-0.4, -0.2) is 17.5 Å². The third-order valence-electron chi connectivity index (χ3n) is 2.34. The molecule has 0 aromatic carbocycles. The Balaban J connectivity index is 2.11. The first-order valence-corrected chi connectivity index (χ1v) is 3.64. The van der Waals surface area contributed by atoms with Crippen molar-refractivity contribution in [1.29, 1.82) is 0 Å². The highest BCUT2D eigenvalue weighted by Crippen LogP contribution is 2.28. The van der Waals surface area contributed by atoms with Gasteiger partial charge in [-0.2, -0.15) is 0 Å². The highest BCUT2D eigenvalue weighted by atomic mass is 15.2. The minimum absolute atomic E-state index is 0.885. The van der Waals surface area contributed by atoms with Gasteiger partial charge in [0.1, 0.15) is 0 Å². The summed E-state index contributed by atoms with van der Waals surface area (Å²) < 4.78 is 0. The lowest BCUT2D eigenvalue weighted by Crippen LogP contribution is -2.45. The molecule has 1 unspecified atom stereocenters. The first-order chi connectivity index (χ1) is 4.36. The summed E-state index contributed by atoms with van der Waals surface area (Å²) in [6.45, 7) is 5.20. The number of allylic oxidation sites excluding steroid dienone is 1. The zero-order valence-electron chi connectivity index (χ0n) is 5.64. The van der Waals surface area contributed by atoms with Crippen molar-refractivity contribution in [2.45, 2.75) is 25.3 Å². The van der Waals surface area contributed by atoms with Crippen molar-refractivity contribution in [3.8, 4) is 0 Å². The van der Waals surface area contributed by atoms with Crippen LogP contribution in [0.5, 0.6) is 0 Å². The zero-order chi connectivity index (χ0) is 6.27. The van der Waals surface area contributed by atoms with Crippen LogP contribution in [0.2, 0.25) is 0 Å². The average molecular weight is 122 g/mol. The predicted octanol–water partition coefficient (Wildman–Crippen LogP) is 1.57. The Hall–Kier alpha value is -0.460.